The van der Waals surface area contributed by atoms with Gasteiger partial charge in [0.1, 0.15) is 0 Å². The molecule has 0 radical (unpaired) electrons. The molecule has 0 aromatic heterocycles. The Kier molecular flexibility index (Phi) is 3.61. The number of carbonyl (C=O) groups excluding carboxylic acids is 2. The van der Waals surface area contributed by atoms with Crippen LogP contribution in [-0.2, 0) is 24.2 Å². The standard InChI is InChI=1S/C11H17NO5S/c1-2-17-11(14)10(13)12-7-5-8-3-4-9(6-7)18(8,15)16/h7-9H,2-6H2,1H3,(H,12,13). The van der Waals surface area contributed by atoms with Gasteiger partial charge in [-0.2, -0.15) is 0 Å². The number of hydrogen-bond acceptors (Lipinski definition) is 5. The van der Waals surface area contributed by atoms with Crippen molar-refractivity contribution in [2.75, 3.05) is 6.61 Å². The van der Waals surface area contributed by atoms with E-state index in [0.29, 0.717) is 25.7 Å². The van der Waals surface area contributed by atoms with Crippen LogP contribution in [0.25, 0.3) is 0 Å². The highest BCUT2D eigenvalue weighted by Gasteiger charge is 2.47. The van der Waals surface area contributed by atoms with Crippen LogP contribution in [0, 0.1) is 0 Å². The maximum atomic E-state index is 11.8. The van der Waals surface area contributed by atoms with E-state index in [0.717, 1.165) is 0 Å². The van der Waals surface area contributed by atoms with Gasteiger partial charge in [0.2, 0.25) is 0 Å². The van der Waals surface area contributed by atoms with Gasteiger partial charge in [-0.25, -0.2) is 13.2 Å². The molecule has 0 saturated carbocycles. The van der Waals surface area contributed by atoms with Gasteiger partial charge in [-0.15, -0.1) is 0 Å². The summed E-state index contributed by atoms with van der Waals surface area (Å²) in [5.74, 6) is -1.68. The minimum Gasteiger partial charge on any atom is -0.459 e. The molecule has 102 valence electrons. The van der Waals surface area contributed by atoms with E-state index >= 15 is 0 Å². The van der Waals surface area contributed by atoms with Crippen LogP contribution in [0.1, 0.15) is 32.6 Å². The normalized spacial score (nSPS) is 32.8. The molecule has 6 nitrogen and oxygen atoms in total. The lowest BCUT2D eigenvalue weighted by molar-refractivity contribution is -0.154. The highest BCUT2D eigenvalue weighted by molar-refractivity contribution is 7.93. The Balaban J connectivity index is 1.94. The lowest BCUT2D eigenvalue weighted by atomic mass is 10.1. The molecule has 2 rings (SSSR count). The maximum Gasteiger partial charge on any atom is 0.396 e. The van der Waals surface area contributed by atoms with E-state index in [4.69, 9.17) is 0 Å². The topological polar surface area (TPSA) is 89.5 Å². The predicted octanol–water partition coefficient (Wildman–Crippen LogP) is -0.226. The van der Waals surface area contributed by atoms with Crippen LogP contribution >= 0.6 is 0 Å². The highest BCUT2D eigenvalue weighted by atomic mass is 32.2. The Bertz CT molecular complexity index is 438. The highest BCUT2D eigenvalue weighted by Crippen LogP contribution is 2.38. The molecule has 2 aliphatic heterocycles. The number of amides is 1. The first-order chi connectivity index (χ1) is 8.45. The minimum atomic E-state index is -3.00. The fourth-order valence-electron chi connectivity index (χ4n) is 2.77. The van der Waals surface area contributed by atoms with E-state index in [1.54, 1.807) is 6.92 Å². The molecule has 2 aliphatic rings. The van der Waals surface area contributed by atoms with Crippen molar-refractivity contribution < 1.29 is 22.7 Å². The van der Waals surface area contributed by atoms with Gasteiger partial charge in [-0.1, -0.05) is 0 Å². The fraction of sp³-hybridized carbons (Fsp3) is 0.818. The molecule has 7 heteroatoms. The quantitative estimate of drug-likeness (QED) is 0.555. The molecular formula is C11H17NO5S. The maximum absolute atomic E-state index is 11.8. The molecule has 0 aromatic rings. The first-order valence-electron chi connectivity index (χ1n) is 6.15. The van der Waals surface area contributed by atoms with Crippen LogP contribution in [0.3, 0.4) is 0 Å². The first-order valence-corrected chi connectivity index (χ1v) is 7.76. The number of ether oxygens (including phenoxy) is 1. The van der Waals surface area contributed by atoms with Crippen molar-refractivity contribution in [3.8, 4) is 0 Å². The molecule has 18 heavy (non-hydrogen) atoms. The number of sulfone groups is 1. The monoisotopic (exact) mass is 275 g/mol. The van der Waals surface area contributed by atoms with E-state index in [1.807, 2.05) is 0 Å². The molecule has 2 unspecified atom stereocenters. The molecule has 1 N–H and O–H groups in total. The lowest BCUT2D eigenvalue weighted by Gasteiger charge is -2.28. The van der Waals surface area contributed by atoms with Crippen LogP contribution in [0.4, 0.5) is 0 Å². The van der Waals surface area contributed by atoms with Crippen molar-refractivity contribution in [2.45, 2.75) is 49.1 Å². The summed E-state index contributed by atoms with van der Waals surface area (Å²) < 4.78 is 28.3. The molecule has 0 aliphatic carbocycles. The third-order valence-corrected chi connectivity index (χ3v) is 6.35. The number of nitrogens with one attached hydrogen (secondary N) is 1. The second-order valence-electron chi connectivity index (χ2n) is 4.77. The smallest absolute Gasteiger partial charge is 0.396 e. The molecule has 0 aromatic carbocycles. The summed E-state index contributed by atoms with van der Waals surface area (Å²) in [5, 5.41) is 1.85. The number of rotatable bonds is 2. The van der Waals surface area contributed by atoms with Crippen molar-refractivity contribution in [3.63, 3.8) is 0 Å². The second-order valence-corrected chi connectivity index (χ2v) is 7.28. The van der Waals surface area contributed by atoms with E-state index in [-0.39, 0.29) is 23.1 Å². The van der Waals surface area contributed by atoms with Gasteiger partial charge in [-0.3, -0.25) is 4.79 Å². The third-order valence-electron chi connectivity index (χ3n) is 3.63. The number of carbonyl (C=O) groups is 2. The Labute approximate surface area is 106 Å². The van der Waals surface area contributed by atoms with Gasteiger partial charge in [0, 0.05) is 6.04 Å². The van der Waals surface area contributed by atoms with Crippen LogP contribution in [-0.4, -0.2) is 43.4 Å². The zero-order chi connectivity index (χ0) is 13.3. The van der Waals surface area contributed by atoms with Crippen molar-refractivity contribution >= 4 is 21.7 Å². The summed E-state index contributed by atoms with van der Waals surface area (Å²) in [6.07, 6.45) is 2.14. The molecule has 2 fully saturated rings. The summed E-state index contributed by atoms with van der Waals surface area (Å²) in [5.41, 5.74) is 0. The summed E-state index contributed by atoms with van der Waals surface area (Å²) in [6, 6.07) is -0.233. The van der Waals surface area contributed by atoms with E-state index in [1.165, 1.54) is 0 Å². The SMILES string of the molecule is CCOC(=O)C(=O)NC1CC2CCC(C1)S2(=O)=O. The summed E-state index contributed by atoms with van der Waals surface area (Å²) in [6.45, 7) is 1.77. The van der Waals surface area contributed by atoms with Crippen LogP contribution in [0.2, 0.25) is 0 Å². The average Bonchev–Trinajstić information content (AvgIpc) is 2.52. The van der Waals surface area contributed by atoms with E-state index in [9.17, 15) is 18.0 Å². The van der Waals surface area contributed by atoms with Crippen LogP contribution in [0.15, 0.2) is 0 Å². The third kappa shape index (κ3) is 2.36. The minimum absolute atomic E-state index is 0.149. The Morgan fingerprint density at radius 1 is 1.22 bits per heavy atom. The van der Waals surface area contributed by atoms with Gasteiger partial charge in [0.25, 0.3) is 0 Å². The Morgan fingerprint density at radius 3 is 2.28 bits per heavy atom. The number of hydrogen-bond donors (Lipinski definition) is 1. The fourth-order valence-corrected chi connectivity index (χ4v) is 5.24. The van der Waals surface area contributed by atoms with E-state index in [2.05, 4.69) is 10.1 Å². The summed E-state index contributed by atoms with van der Waals surface area (Å²) >= 11 is 0. The Hall–Kier alpha value is -1.11. The average molecular weight is 275 g/mol. The zero-order valence-electron chi connectivity index (χ0n) is 10.2. The largest absolute Gasteiger partial charge is 0.459 e. The number of esters is 1. The first kappa shape index (κ1) is 13.3. The van der Waals surface area contributed by atoms with Crippen molar-refractivity contribution in [1.82, 2.24) is 5.32 Å². The van der Waals surface area contributed by atoms with Crippen molar-refractivity contribution in [1.29, 1.82) is 0 Å². The molecule has 2 bridgehead atoms. The van der Waals surface area contributed by atoms with Gasteiger partial charge in [0.15, 0.2) is 9.84 Å². The molecule has 2 heterocycles. The van der Waals surface area contributed by atoms with Crippen LogP contribution < -0.4 is 5.32 Å². The summed E-state index contributed by atoms with van der Waals surface area (Å²) in [4.78, 5) is 22.6. The molecular weight excluding hydrogens is 258 g/mol. The van der Waals surface area contributed by atoms with Gasteiger partial charge in [-0.05, 0) is 32.6 Å². The van der Waals surface area contributed by atoms with Gasteiger partial charge in [0.05, 0.1) is 17.1 Å². The molecule has 2 saturated heterocycles. The lowest BCUT2D eigenvalue weighted by Crippen LogP contribution is -2.47. The van der Waals surface area contributed by atoms with Crippen LogP contribution in [0.5, 0.6) is 0 Å². The van der Waals surface area contributed by atoms with Gasteiger partial charge < -0.3 is 10.1 Å². The zero-order valence-corrected chi connectivity index (χ0v) is 11.0. The Morgan fingerprint density at radius 2 is 1.78 bits per heavy atom. The molecule has 1 amide bonds. The summed E-state index contributed by atoms with van der Waals surface area (Å²) in [7, 11) is -3.00. The van der Waals surface area contributed by atoms with E-state index < -0.39 is 21.7 Å². The second kappa shape index (κ2) is 4.87. The molecule has 0 spiro atoms. The number of fused-ring (bicyclic) bond motifs is 2. The van der Waals surface area contributed by atoms with Crippen molar-refractivity contribution in [2.24, 2.45) is 0 Å². The predicted molar refractivity (Wildman–Crippen MR) is 63.5 cm³/mol. The van der Waals surface area contributed by atoms with Crippen molar-refractivity contribution in [3.05, 3.63) is 0 Å². The molecule has 2 atom stereocenters. The van der Waals surface area contributed by atoms with Gasteiger partial charge >= 0.3 is 11.9 Å².